The van der Waals surface area contributed by atoms with Gasteiger partial charge in [0.25, 0.3) is 0 Å². The zero-order valence-corrected chi connectivity index (χ0v) is 6.29. The monoisotopic (exact) mass is 148 g/mol. The van der Waals surface area contributed by atoms with E-state index in [0.29, 0.717) is 0 Å². The molecule has 0 amide bonds. The standard InChI is InChI=1S/C9H10NO/c1-2-7-11-9-5-3-6-10-8(9)4-1/h3-6H,1-2,7H2. The maximum Gasteiger partial charge on any atom is 0.141 e. The number of fused-ring (bicyclic) bond motifs is 1. The quantitative estimate of drug-likeness (QED) is 0.559. The van der Waals surface area contributed by atoms with E-state index in [2.05, 4.69) is 11.4 Å². The predicted molar refractivity (Wildman–Crippen MR) is 42.4 cm³/mol. The normalized spacial score (nSPS) is 16.4. The first-order valence-corrected chi connectivity index (χ1v) is 3.88. The largest absolute Gasteiger partial charge is 0.492 e. The maximum absolute atomic E-state index is 5.45. The lowest BCUT2D eigenvalue weighted by Crippen LogP contribution is -1.94. The molecule has 0 N–H and O–H groups in total. The second kappa shape index (κ2) is 2.91. The Kier molecular flexibility index (Phi) is 1.76. The summed E-state index contributed by atoms with van der Waals surface area (Å²) in [6.07, 6.45) is 6.09. The number of aromatic nitrogens is 1. The van der Waals surface area contributed by atoms with E-state index in [-0.39, 0.29) is 0 Å². The summed E-state index contributed by atoms with van der Waals surface area (Å²) < 4.78 is 5.45. The Hall–Kier alpha value is -1.05. The minimum Gasteiger partial charge on any atom is -0.492 e. The van der Waals surface area contributed by atoms with Crippen LogP contribution in [0.25, 0.3) is 0 Å². The molecule has 0 atom stereocenters. The van der Waals surface area contributed by atoms with Crippen LogP contribution in [0.1, 0.15) is 18.5 Å². The van der Waals surface area contributed by atoms with Gasteiger partial charge in [-0.3, -0.25) is 4.98 Å². The van der Waals surface area contributed by atoms with Crippen molar-refractivity contribution in [3.05, 3.63) is 30.4 Å². The Balaban J connectivity index is 2.33. The summed E-state index contributed by atoms with van der Waals surface area (Å²) in [5, 5.41) is 0. The fraction of sp³-hybridized carbons (Fsp3) is 0.333. The first-order valence-electron chi connectivity index (χ1n) is 3.88. The van der Waals surface area contributed by atoms with Gasteiger partial charge in [-0.1, -0.05) is 0 Å². The molecule has 0 aromatic carbocycles. The van der Waals surface area contributed by atoms with Crippen LogP contribution in [0.2, 0.25) is 0 Å². The summed E-state index contributed by atoms with van der Waals surface area (Å²) >= 11 is 0. The molecule has 0 saturated carbocycles. The summed E-state index contributed by atoms with van der Waals surface area (Å²) in [6.45, 7) is 0.815. The lowest BCUT2D eigenvalue weighted by molar-refractivity contribution is 0.316. The zero-order chi connectivity index (χ0) is 7.52. The van der Waals surface area contributed by atoms with Crippen LogP contribution >= 0.6 is 0 Å². The Morgan fingerprint density at radius 3 is 3.45 bits per heavy atom. The van der Waals surface area contributed by atoms with Gasteiger partial charge < -0.3 is 4.74 Å². The summed E-state index contributed by atoms with van der Waals surface area (Å²) in [7, 11) is 0. The Morgan fingerprint density at radius 1 is 1.45 bits per heavy atom. The summed E-state index contributed by atoms with van der Waals surface area (Å²) in [6, 6.07) is 3.86. The average molecular weight is 148 g/mol. The molecule has 2 heterocycles. The second-order valence-corrected chi connectivity index (χ2v) is 2.58. The van der Waals surface area contributed by atoms with Crippen LogP contribution in [0.4, 0.5) is 0 Å². The minimum absolute atomic E-state index is 0.815. The molecule has 11 heavy (non-hydrogen) atoms. The maximum atomic E-state index is 5.45. The third-order valence-corrected chi connectivity index (χ3v) is 1.74. The Bertz CT molecular complexity index is 222. The molecule has 1 aliphatic heterocycles. The van der Waals surface area contributed by atoms with Crippen molar-refractivity contribution in [2.24, 2.45) is 0 Å². The van der Waals surface area contributed by atoms with Crippen LogP contribution in [0.5, 0.6) is 5.75 Å². The van der Waals surface area contributed by atoms with Crippen molar-refractivity contribution < 1.29 is 4.74 Å². The fourth-order valence-corrected chi connectivity index (χ4v) is 1.18. The van der Waals surface area contributed by atoms with Crippen LogP contribution in [0.15, 0.2) is 18.3 Å². The van der Waals surface area contributed by atoms with E-state index in [1.54, 1.807) is 6.20 Å². The molecule has 2 nitrogen and oxygen atoms in total. The van der Waals surface area contributed by atoms with Gasteiger partial charge in [0.1, 0.15) is 5.75 Å². The van der Waals surface area contributed by atoms with Gasteiger partial charge in [0, 0.05) is 12.6 Å². The number of rotatable bonds is 0. The van der Waals surface area contributed by atoms with Crippen LogP contribution in [0, 0.1) is 6.42 Å². The molecule has 0 fully saturated rings. The number of ether oxygens (including phenoxy) is 1. The molecule has 1 aliphatic rings. The van der Waals surface area contributed by atoms with Gasteiger partial charge in [0.05, 0.1) is 12.3 Å². The summed E-state index contributed by atoms with van der Waals surface area (Å²) in [5.74, 6) is 0.921. The number of hydrogen-bond donors (Lipinski definition) is 0. The summed E-state index contributed by atoms with van der Waals surface area (Å²) in [4.78, 5) is 4.20. The molecule has 57 valence electrons. The van der Waals surface area contributed by atoms with E-state index in [9.17, 15) is 0 Å². The van der Waals surface area contributed by atoms with Crippen LogP contribution in [0.3, 0.4) is 0 Å². The second-order valence-electron chi connectivity index (χ2n) is 2.58. The van der Waals surface area contributed by atoms with E-state index in [1.165, 1.54) is 0 Å². The van der Waals surface area contributed by atoms with Gasteiger partial charge in [-0.15, -0.1) is 0 Å². The predicted octanol–water partition coefficient (Wildman–Crippen LogP) is 1.81. The zero-order valence-electron chi connectivity index (χ0n) is 6.29. The van der Waals surface area contributed by atoms with Crippen LogP contribution < -0.4 is 4.74 Å². The Labute approximate surface area is 66.2 Å². The molecule has 0 saturated heterocycles. The van der Waals surface area contributed by atoms with Gasteiger partial charge in [-0.05, 0) is 25.0 Å². The van der Waals surface area contributed by atoms with Gasteiger partial charge in [-0.2, -0.15) is 0 Å². The van der Waals surface area contributed by atoms with E-state index in [4.69, 9.17) is 4.74 Å². The molecule has 0 bridgehead atoms. The molecule has 0 spiro atoms. The minimum atomic E-state index is 0.815. The van der Waals surface area contributed by atoms with Crippen molar-refractivity contribution in [3.8, 4) is 5.75 Å². The summed E-state index contributed by atoms with van der Waals surface area (Å²) in [5.41, 5.74) is 0.991. The molecular formula is C9H10NO. The smallest absolute Gasteiger partial charge is 0.141 e. The molecule has 2 rings (SSSR count). The van der Waals surface area contributed by atoms with Crippen molar-refractivity contribution in [2.75, 3.05) is 6.61 Å². The molecular weight excluding hydrogens is 138 g/mol. The van der Waals surface area contributed by atoms with Gasteiger partial charge in [0.2, 0.25) is 0 Å². The Morgan fingerprint density at radius 2 is 2.45 bits per heavy atom. The van der Waals surface area contributed by atoms with Crippen LogP contribution in [-0.2, 0) is 0 Å². The molecule has 1 aromatic rings. The first kappa shape index (κ1) is 6.65. The van der Waals surface area contributed by atoms with Gasteiger partial charge in [-0.25, -0.2) is 0 Å². The van der Waals surface area contributed by atoms with E-state index >= 15 is 0 Å². The number of pyridine rings is 1. The molecule has 1 aromatic heterocycles. The fourth-order valence-electron chi connectivity index (χ4n) is 1.18. The SMILES string of the molecule is [CH]1CCCOc2cccnc21. The molecule has 2 heteroatoms. The van der Waals surface area contributed by atoms with Crippen molar-refractivity contribution in [1.29, 1.82) is 0 Å². The highest BCUT2D eigenvalue weighted by Crippen LogP contribution is 2.21. The average Bonchev–Trinajstić information content (AvgIpc) is 2.28. The molecule has 1 radical (unpaired) electrons. The van der Waals surface area contributed by atoms with E-state index in [1.807, 2.05) is 12.1 Å². The first-order chi connectivity index (χ1) is 5.47. The number of hydrogen-bond acceptors (Lipinski definition) is 2. The molecule has 0 unspecified atom stereocenters. The molecule has 0 aliphatic carbocycles. The topological polar surface area (TPSA) is 22.1 Å². The van der Waals surface area contributed by atoms with Gasteiger partial charge >= 0.3 is 0 Å². The third kappa shape index (κ3) is 1.34. The highest BCUT2D eigenvalue weighted by Gasteiger charge is 2.07. The van der Waals surface area contributed by atoms with E-state index in [0.717, 1.165) is 30.9 Å². The highest BCUT2D eigenvalue weighted by atomic mass is 16.5. The number of nitrogens with zero attached hydrogens (tertiary/aromatic N) is 1. The van der Waals surface area contributed by atoms with Crippen molar-refractivity contribution in [3.63, 3.8) is 0 Å². The third-order valence-electron chi connectivity index (χ3n) is 1.74. The van der Waals surface area contributed by atoms with E-state index < -0.39 is 0 Å². The lowest BCUT2D eigenvalue weighted by Gasteiger charge is -2.03. The van der Waals surface area contributed by atoms with Crippen molar-refractivity contribution >= 4 is 0 Å². The van der Waals surface area contributed by atoms with Crippen molar-refractivity contribution in [1.82, 2.24) is 4.98 Å². The van der Waals surface area contributed by atoms with Gasteiger partial charge in [0.15, 0.2) is 0 Å². The van der Waals surface area contributed by atoms with Crippen LogP contribution in [-0.4, -0.2) is 11.6 Å². The lowest BCUT2D eigenvalue weighted by atomic mass is 10.2. The van der Waals surface area contributed by atoms with Crippen molar-refractivity contribution in [2.45, 2.75) is 12.8 Å². The highest BCUT2D eigenvalue weighted by molar-refractivity contribution is 5.32.